The van der Waals surface area contributed by atoms with Gasteiger partial charge in [-0.15, -0.1) is 0 Å². The minimum Gasteiger partial charge on any atom is -0.384 e. The van der Waals surface area contributed by atoms with E-state index in [9.17, 15) is 14.3 Å². The minimum absolute atomic E-state index is 0.0397. The molecule has 0 saturated heterocycles. The van der Waals surface area contributed by atoms with Gasteiger partial charge < -0.3 is 15.4 Å². The summed E-state index contributed by atoms with van der Waals surface area (Å²) in [5.41, 5.74) is 1.46. The molecular weight excluding hydrogens is 413 g/mol. The summed E-state index contributed by atoms with van der Waals surface area (Å²) in [5, 5.41) is 15.4. The Balaban J connectivity index is 1.85. The molecule has 0 unspecified atom stereocenters. The summed E-state index contributed by atoms with van der Waals surface area (Å²) in [4.78, 5) is 32.2. The number of amides is 2. The van der Waals surface area contributed by atoms with Crippen LogP contribution in [0.4, 0.5) is 15.1 Å². The van der Waals surface area contributed by atoms with Crippen molar-refractivity contribution in [1.29, 1.82) is 0 Å². The van der Waals surface area contributed by atoms with Gasteiger partial charge in [-0.25, -0.2) is 24.1 Å². The molecule has 2 amide bonds. The van der Waals surface area contributed by atoms with Gasteiger partial charge in [-0.2, -0.15) is 0 Å². The number of hydrogen-bond donors (Lipinski definition) is 4. The number of pyridine rings is 1. The van der Waals surface area contributed by atoms with Crippen LogP contribution < -0.4 is 10.6 Å². The predicted molar refractivity (Wildman–Crippen MR) is 118 cm³/mol. The monoisotopic (exact) mass is 435 g/mol. The molecule has 4 aromatic rings. The highest BCUT2D eigenvalue weighted by atomic mass is 19.1. The number of nitrogens with one attached hydrogen (secondary N) is 3. The molecule has 3 heterocycles. The van der Waals surface area contributed by atoms with Crippen molar-refractivity contribution in [2.45, 2.75) is 26.4 Å². The first-order valence-corrected chi connectivity index (χ1v) is 10.0. The quantitative estimate of drug-likeness (QED) is 0.379. The van der Waals surface area contributed by atoms with E-state index in [2.05, 4.69) is 35.6 Å². The lowest BCUT2D eigenvalue weighted by Gasteiger charge is -2.17. The van der Waals surface area contributed by atoms with Crippen LogP contribution in [0.2, 0.25) is 0 Å². The summed E-state index contributed by atoms with van der Waals surface area (Å²) in [6, 6.07) is 6.18. The van der Waals surface area contributed by atoms with Gasteiger partial charge in [0.2, 0.25) is 5.95 Å². The number of aromatic amines is 1. The molecule has 0 aliphatic carbocycles. The van der Waals surface area contributed by atoms with Gasteiger partial charge in [0.05, 0.1) is 11.0 Å². The molecule has 9 nitrogen and oxygen atoms in total. The number of urea groups is 1. The van der Waals surface area contributed by atoms with E-state index in [0.29, 0.717) is 40.1 Å². The fourth-order valence-electron chi connectivity index (χ4n) is 3.31. The molecule has 0 saturated carbocycles. The van der Waals surface area contributed by atoms with Crippen molar-refractivity contribution >= 4 is 23.0 Å². The van der Waals surface area contributed by atoms with Crippen molar-refractivity contribution in [3.05, 3.63) is 54.4 Å². The summed E-state index contributed by atoms with van der Waals surface area (Å²) in [6.07, 6.45) is 4.72. The van der Waals surface area contributed by atoms with Crippen molar-refractivity contribution in [3.8, 4) is 22.5 Å². The first-order chi connectivity index (χ1) is 15.3. The Labute approximate surface area is 183 Å². The Bertz CT molecular complexity index is 1280. The smallest absolute Gasteiger partial charge is 0.321 e. The number of hydrogen-bond acceptors (Lipinski definition) is 6. The lowest BCUT2D eigenvalue weighted by atomic mass is 9.99. The molecule has 0 spiro atoms. The molecule has 4 N–H and O–H groups in total. The summed E-state index contributed by atoms with van der Waals surface area (Å²) >= 11 is 0. The molecule has 0 fully saturated rings. The van der Waals surface area contributed by atoms with Crippen molar-refractivity contribution in [1.82, 2.24) is 30.2 Å². The Hall–Kier alpha value is -3.92. The average molecular weight is 435 g/mol. The highest BCUT2D eigenvalue weighted by Crippen LogP contribution is 2.33. The number of nitrogens with zero attached hydrogens (tertiary/aromatic N) is 4. The van der Waals surface area contributed by atoms with Gasteiger partial charge in [0.25, 0.3) is 0 Å². The van der Waals surface area contributed by atoms with E-state index in [4.69, 9.17) is 0 Å². The first kappa shape index (κ1) is 21.3. The molecular formula is C22H22FN7O2. The molecule has 1 aromatic carbocycles. The Morgan fingerprint density at radius 1 is 1.16 bits per heavy atom. The molecule has 10 heteroatoms. The number of halogens is 1. The second kappa shape index (κ2) is 8.31. The van der Waals surface area contributed by atoms with Gasteiger partial charge >= 0.3 is 6.03 Å². The number of imidazole rings is 1. The van der Waals surface area contributed by atoms with E-state index in [1.807, 2.05) is 6.92 Å². The van der Waals surface area contributed by atoms with E-state index in [0.717, 1.165) is 0 Å². The van der Waals surface area contributed by atoms with Crippen LogP contribution in [-0.4, -0.2) is 42.6 Å². The van der Waals surface area contributed by atoms with Crippen molar-refractivity contribution in [2.24, 2.45) is 0 Å². The Morgan fingerprint density at radius 2 is 1.91 bits per heavy atom. The predicted octanol–water partition coefficient (Wildman–Crippen LogP) is 3.59. The molecule has 32 heavy (non-hydrogen) atoms. The largest absolute Gasteiger partial charge is 0.384 e. The maximum absolute atomic E-state index is 14.7. The molecule has 4 rings (SSSR count). The van der Waals surface area contributed by atoms with Gasteiger partial charge in [0.15, 0.2) is 5.82 Å². The third-order valence-corrected chi connectivity index (χ3v) is 4.72. The van der Waals surface area contributed by atoms with Gasteiger partial charge in [-0.1, -0.05) is 0 Å². The second-order valence-corrected chi connectivity index (χ2v) is 7.67. The molecule has 0 atom stereocenters. The van der Waals surface area contributed by atoms with Crippen LogP contribution in [0.25, 0.3) is 33.5 Å². The maximum Gasteiger partial charge on any atom is 0.321 e. The zero-order valence-corrected chi connectivity index (χ0v) is 17.8. The van der Waals surface area contributed by atoms with E-state index in [-0.39, 0.29) is 11.6 Å². The summed E-state index contributed by atoms with van der Waals surface area (Å²) in [6.45, 7) is 5.23. The molecule has 0 bridgehead atoms. The van der Waals surface area contributed by atoms with E-state index in [1.54, 1.807) is 30.6 Å². The molecule has 164 valence electrons. The summed E-state index contributed by atoms with van der Waals surface area (Å²) in [5.74, 6) is 0.0734. The van der Waals surface area contributed by atoms with Gasteiger partial charge in [0.1, 0.15) is 17.1 Å². The third-order valence-electron chi connectivity index (χ3n) is 4.72. The average Bonchev–Trinajstić information content (AvgIpc) is 3.15. The van der Waals surface area contributed by atoms with Crippen LogP contribution in [-0.2, 0) is 5.60 Å². The Kier molecular flexibility index (Phi) is 5.54. The van der Waals surface area contributed by atoms with Crippen molar-refractivity contribution in [3.63, 3.8) is 0 Å². The topological polar surface area (TPSA) is 129 Å². The van der Waals surface area contributed by atoms with E-state index < -0.39 is 17.4 Å². The van der Waals surface area contributed by atoms with Gasteiger partial charge in [-0.3, -0.25) is 10.3 Å². The lowest BCUT2D eigenvalue weighted by molar-refractivity contribution is 0.0695. The summed E-state index contributed by atoms with van der Waals surface area (Å²) in [7, 11) is 0. The molecule has 3 aromatic heterocycles. The highest BCUT2D eigenvalue weighted by molar-refractivity contribution is 5.97. The fourth-order valence-corrected chi connectivity index (χ4v) is 3.31. The van der Waals surface area contributed by atoms with Crippen LogP contribution in [0, 0.1) is 5.82 Å². The number of anilines is 1. The fraction of sp³-hybridized carbons (Fsp3) is 0.227. The van der Waals surface area contributed by atoms with Crippen molar-refractivity contribution < 1.29 is 14.3 Å². The first-order valence-electron chi connectivity index (χ1n) is 10.0. The number of carbonyl (C=O) groups is 1. The zero-order valence-electron chi connectivity index (χ0n) is 17.8. The second-order valence-electron chi connectivity index (χ2n) is 7.67. The number of benzene rings is 1. The summed E-state index contributed by atoms with van der Waals surface area (Å²) < 4.78 is 14.7. The standard InChI is InChI=1S/C22H22FN7O2/c1-4-24-21(31)30-20-28-16-10-12(13-9-15(23)18(27-11-13)22(2,3)32)8-14(17(16)29-20)19-25-6-5-7-26-19/h5-11,32H,4H2,1-3H3,(H3,24,28,29,30,31). The molecule has 0 aliphatic rings. The molecule has 0 radical (unpaired) electrons. The van der Waals surface area contributed by atoms with Crippen LogP contribution in [0.15, 0.2) is 42.9 Å². The third kappa shape index (κ3) is 4.26. The number of aromatic nitrogens is 5. The van der Waals surface area contributed by atoms with Crippen LogP contribution in [0.3, 0.4) is 0 Å². The lowest BCUT2D eigenvalue weighted by Crippen LogP contribution is -2.28. The number of carbonyl (C=O) groups excluding carboxylic acids is 1. The van der Waals surface area contributed by atoms with E-state index in [1.165, 1.54) is 26.1 Å². The van der Waals surface area contributed by atoms with Crippen molar-refractivity contribution in [2.75, 3.05) is 11.9 Å². The SMILES string of the molecule is CCNC(=O)Nc1nc2cc(-c3cnc(C(C)(C)O)c(F)c3)cc(-c3ncccn3)c2[nH]1. The normalized spacial score (nSPS) is 11.5. The van der Waals surface area contributed by atoms with Crippen LogP contribution in [0.5, 0.6) is 0 Å². The van der Waals surface area contributed by atoms with Gasteiger partial charge in [-0.05, 0) is 50.6 Å². The van der Waals surface area contributed by atoms with Crippen LogP contribution in [0.1, 0.15) is 26.5 Å². The Morgan fingerprint density at radius 3 is 2.56 bits per heavy atom. The maximum atomic E-state index is 14.7. The zero-order chi connectivity index (χ0) is 22.9. The number of rotatable bonds is 5. The number of H-pyrrole nitrogens is 1. The number of fused-ring (bicyclic) bond motifs is 1. The van der Waals surface area contributed by atoms with E-state index >= 15 is 0 Å². The van der Waals surface area contributed by atoms with Crippen LogP contribution >= 0.6 is 0 Å². The molecule has 0 aliphatic heterocycles. The number of aliphatic hydroxyl groups is 1. The highest BCUT2D eigenvalue weighted by Gasteiger charge is 2.23. The van der Waals surface area contributed by atoms with Gasteiger partial charge in [0, 0.05) is 36.3 Å². The minimum atomic E-state index is -1.41.